The number of nitrogens with zero attached hydrogens (tertiary/aromatic N) is 1. The summed E-state index contributed by atoms with van der Waals surface area (Å²) in [6.45, 7) is 3.68. The number of carboxylic acid groups (broad SMARTS) is 3. The van der Waals surface area contributed by atoms with E-state index in [1.54, 1.807) is 7.11 Å². The normalized spacial score (nSPS) is 16.4. The lowest BCUT2D eigenvalue weighted by atomic mass is 9.89. The van der Waals surface area contributed by atoms with Gasteiger partial charge < -0.3 is 29.7 Å². The molecule has 3 N–H and O–H groups in total. The van der Waals surface area contributed by atoms with Crippen molar-refractivity contribution < 1.29 is 39.2 Å². The third kappa shape index (κ3) is 11.3. The number of carbonyl (C=O) groups is 3. The third-order valence-corrected chi connectivity index (χ3v) is 6.02. The maximum atomic E-state index is 11.2. The van der Waals surface area contributed by atoms with Gasteiger partial charge in [0.2, 0.25) is 0 Å². The van der Waals surface area contributed by atoms with E-state index in [1.165, 1.54) is 11.1 Å². The molecule has 1 aliphatic heterocycles. The van der Waals surface area contributed by atoms with Crippen molar-refractivity contribution in [2.24, 2.45) is 5.92 Å². The summed E-state index contributed by atoms with van der Waals surface area (Å²) >= 11 is 0. The zero-order chi connectivity index (χ0) is 27.0. The Hall–Kier alpha value is -3.69. The lowest BCUT2D eigenvalue weighted by molar-refractivity contribution is -0.143. The average molecular weight is 514 g/mol. The molecule has 9 nitrogen and oxygen atoms in total. The first-order valence-corrected chi connectivity index (χ1v) is 12.2. The van der Waals surface area contributed by atoms with Gasteiger partial charge in [0.05, 0.1) is 19.6 Å². The molecule has 37 heavy (non-hydrogen) atoms. The Morgan fingerprint density at radius 2 is 1.65 bits per heavy atom. The Labute approximate surface area is 216 Å². The number of benzene rings is 2. The molecule has 1 fully saturated rings. The largest absolute Gasteiger partial charge is 0.497 e. The van der Waals surface area contributed by atoms with E-state index in [-0.39, 0.29) is 11.8 Å². The minimum atomic E-state index is -1.26. The van der Waals surface area contributed by atoms with Crippen LogP contribution in [0.25, 0.3) is 0 Å². The number of likely N-dealkylation sites (tertiary alicyclic amines) is 1. The van der Waals surface area contributed by atoms with Crippen molar-refractivity contribution in [2.75, 3.05) is 40.0 Å². The van der Waals surface area contributed by atoms with Crippen molar-refractivity contribution in [3.63, 3.8) is 0 Å². The monoisotopic (exact) mass is 513 g/mol. The first-order chi connectivity index (χ1) is 17.8. The second-order valence-electron chi connectivity index (χ2n) is 8.63. The van der Waals surface area contributed by atoms with Crippen LogP contribution in [0.2, 0.25) is 0 Å². The van der Waals surface area contributed by atoms with E-state index < -0.39 is 17.9 Å². The molecule has 0 saturated carbocycles. The molecule has 3 rings (SSSR count). The van der Waals surface area contributed by atoms with Crippen molar-refractivity contribution in [1.82, 2.24) is 4.90 Å². The highest BCUT2D eigenvalue weighted by Crippen LogP contribution is 2.30. The molecule has 1 aliphatic rings. The van der Waals surface area contributed by atoms with Gasteiger partial charge in [0, 0.05) is 37.8 Å². The molecule has 2 aromatic rings. The van der Waals surface area contributed by atoms with Gasteiger partial charge in [0.15, 0.2) is 0 Å². The number of ether oxygens (including phenoxy) is 2. The first-order valence-electron chi connectivity index (χ1n) is 12.2. The quantitative estimate of drug-likeness (QED) is 0.287. The summed E-state index contributed by atoms with van der Waals surface area (Å²) in [4.78, 5) is 32.5. The molecular formula is C28H35NO8. The predicted octanol–water partition coefficient (Wildman–Crippen LogP) is 3.74. The van der Waals surface area contributed by atoms with Gasteiger partial charge >= 0.3 is 17.9 Å². The fourth-order valence-electron chi connectivity index (χ4n) is 4.17. The molecule has 0 aromatic heterocycles. The van der Waals surface area contributed by atoms with E-state index in [9.17, 15) is 19.5 Å². The third-order valence-electron chi connectivity index (χ3n) is 6.02. The molecule has 0 bridgehead atoms. The SMILES string of the molecule is COc1cccc(C(CCOCCN2CCCC(C(=O)O)C2)c2ccccc2)c1.O=C(O)C=CC(=O)O. The van der Waals surface area contributed by atoms with E-state index in [0.29, 0.717) is 31.9 Å². The summed E-state index contributed by atoms with van der Waals surface area (Å²) in [5, 5.41) is 24.8. The molecule has 2 unspecified atom stereocenters. The van der Waals surface area contributed by atoms with Crippen molar-refractivity contribution >= 4 is 17.9 Å². The molecule has 0 amide bonds. The summed E-state index contributed by atoms with van der Waals surface area (Å²) in [7, 11) is 1.69. The van der Waals surface area contributed by atoms with Crippen LogP contribution in [0.5, 0.6) is 5.75 Å². The summed E-state index contributed by atoms with van der Waals surface area (Å²) < 4.78 is 11.3. The standard InChI is InChI=1S/C24H31NO4.C4H4O4/c1-28-22-11-5-9-20(17-22)23(19-7-3-2-4-8-19)12-15-29-16-14-25-13-6-10-21(18-25)24(26)27;5-3(6)1-2-4(7)8/h2-5,7-9,11,17,21,23H,6,10,12-16,18H2,1H3,(H,26,27);1-2H,(H,5,6)(H,7,8). The molecular weight excluding hydrogens is 478 g/mol. The number of hydrogen-bond acceptors (Lipinski definition) is 6. The van der Waals surface area contributed by atoms with Gasteiger partial charge in [0.25, 0.3) is 0 Å². The van der Waals surface area contributed by atoms with Crippen LogP contribution in [-0.4, -0.2) is 78.1 Å². The van der Waals surface area contributed by atoms with Crippen LogP contribution >= 0.6 is 0 Å². The Morgan fingerprint density at radius 3 is 2.27 bits per heavy atom. The molecule has 0 aliphatic carbocycles. The van der Waals surface area contributed by atoms with Crippen molar-refractivity contribution in [3.8, 4) is 5.75 Å². The highest BCUT2D eigenvalue weighted by Gasteiger charge is 2.25. The van der Waals surface area contributed by atoms with Crippen LogP contribution in [0.15, 0.2) is 66.7 Å². The Balaban J connectivity index is 0.000000521. The smallest absolute Gasteiger partial charge is 0.328 e. The maximum Gasteiger partial charge on any atom is 0.328 e. The summed E-state index contributed by atoms with van der Waals surface area (Å²) in [6.07, 6.45) is 3.73. The number of hydrogen-bond donors (Lipinski definition) is 3. The fraction of sp³-hybridized carbons (Fsp3) is 0.393. The van der Waals surface area contributed by atoms with E-state index in [1.807, 2.05) is 18.2 Å². The van der Waals surface area contributed by atoms with Gasteiger partial charge in [-0.05, 0) is 49.1 Å². The van der Waals surface area contributed by atoms with Crippen LogP contribution < -0.4 is 4.74 Å². The van der Waals surface area contributed by atoms with Gasteiger partial charge in [0.1, 0.15) is 5.75 Å². The van der Waals surface area contributed by atoms with Crippen LogP contribution in [0, 0.1) is 5.92 Å². The maximum absolute atomic E-state index is 11.2. The average Bonchev–Trinajstić information content (AvgIpc) is 2.90. The summed E-state index contributed by atoms with van der Waals surface area (Å²) in [6, 6.07) is 18.7. The van der Waals surface area contributed by atoms with Gasteiger partial charge in [-0.3, -0.25) is 4.79 Å². The van der Waals surface area contributed by atoms with E-state index in [4.69, 9.17) is 19.7 Å². The number of carboxylic acids is 3. The first kappa shape index (κ1) is 29.5. The van der Waals surface area contributed by atoms with Crippen molar-refractivity contribution in [2.45, 2.75) is 25.2 Å². The fourth-order valence-corrected chi connectivity index (χ4v) is 4.17. The molecule has 2 aromatic carbocycles. The Morgan fingerprint density at radius 1 is 0.973 bits per heavy atom. The zero-order valence-corrected chi connectivity index (χ0v) is 21.0. The highest BCUT2D eigenvalue weighted by molar-refractivity contribution is 5.89. The topological polar surface area (TPSA) is 134 Å². The lowest BCUT2D eigenvalue weighted by Gasteiger charge is -2.30. The predicted molar refractivity (Wildman–Crippen MR) is 138 cm³/mol. The van der Waals surface area contributed by atoms with Gasteiger partial charge in [-0.1, -0.05) is 42.5 Å². The molecule has 2 atom stereocenters. The van der Waals surface area contributed by atoms with Crippen LogP contribution in [0.3, 0.4) is 0 Å². The molecule has 9 heteroatoms. The minimum absolute atomic E-state index is 0.237. The van der Waals surface area contributed by atoms with Crippen molar-refractivity contribution in [3.05, 3.63) is 77.9 Å². The summed E-state index contributed by atoms with van der Waals surface area (Å²) in [5.41, 5.74) is 2.49. The zero-order valence-electron chi connectivity index (χ0n) is 21.0. The summed E-state index contributed by atoms with van der Waals surface area (Å²) in [5.74, 6) is -2.32. The number of aliphatic carboxylic acids is 3. The van der Waals surface area contributed by atoms with Crippen molar-refractivity contribution in [1.29, 1.82) is 0 Å². The lowest BCUT2D eigenvalue weighted by Crippen LogP contribution is -2.40. The number of piperidine rings is 1. The van der Waals surface area contributed by atoms with Crippen LogP contribution in [0.1, 0.15) is 36.3 Å². The van der Waals surface area contributed by atoms with E-state index in [0.717, 1.165) is 38.1 Å². The number of methoxy groups -OCH3 is 1. The number of rotatable bonds is 12. The second-order valence-corrected chi connectivity index (χ2v) is 8.63. The highest BCUT2D eigenvalue weighted by atomic mass is 16.5. The molecule has 1 heterocycles. The molecule has 0 radical (unpaired) electrons. The minimum Gasteiger partial charge on any atom is -0.497 e. The Kier molecular flexibility index (Phi) is 12.9. The van der Waals surface area contributed by atoms with Gasteiger partial charge in [-0.15, -0.1) is 0 Å². The Bertz CT molecular complexity index is 1010. The van der Waals surface area contributed by atoms with Crippen LogP contribution in [-0.2, 0) is 19.1 Å². The van der Waals surface area contributed by atoms with Gasteiger partial charge in [-0.25, -0.2) is 9.59 Å². The van der Waals surface area contributed by atoms with Gasteiger partial charge in [-0.2, -0.15) is 0 Å². The molecule has 200 valence electrons. The second kappa shape index (κ2) is 16.1. The van der Waals surface area contributed by atoms with Crippen LogP contribution in [0.4, 0.5) is 0 Å². The van der Waals surface area contributed by atoms with E-state index in [2.05, 4.69) is 41.3 Å². The molecule has 1 saturated heterocycles. The molecule has 0 spiro atoms. The van der Waals surface area contributed by atoms with E-state index >= 15 is 0 Å².